The highest BCUT2D eigenvalue weighted by molar-refractivity contribution is 5.59. The van der Waals surface area contributed by atoms with Gasteiger partial charge in [0.1, 0.15) is 5.75 Å². The van der Waals surface area contributed by atoms with Crippen LogP contribution in [0.15, 0.2) is 70.9 Å². The summed E-state index contributed by atoms with van der Waals surface area (Å²) in [5.74, 6) is 0.929. The molecule has 1 aromatic carbocycles. The molecule has 0 aliphatic carbocycles. The van der Waals surface area contributed by atoms with Crippen LogP contribution >= 0.6 is 0 Å². The molecule has 29 heavy (non-hydrogen) atoms. The molecular weight excluding hydrogens is 354 g/mol. The van der Waals surface area contributed by atoms with Crippen LogP contribution in [0, 0.1) is 0 Å². The summed E-state index contributed by atoms with van der Waals surface area (Å²) in [5, 5.41) is 0. The zero-order chi connectivity index (χ0) is 21.6. The molecule has 0 atom stereocenters. The van der Waals surface area contributed by atoms with E-state index in [1.165, 1.54) is 22.3 Å². The lowest BCUT2D eigenvalue weighted by atomic mass is 10.1. The van der Waals surface area contributed by atoms with E-state index >= 15 is 0 Å². The molecule has 0 fully saturated rings. The molecule has 0 spiro atoms. The normalized spacial score (nSPS) is 11.8. The topological polar surface area (TPSA) is 12.5 Å². The van der Waals surface area contributed by atoms with E-state index in [1.807, 2.05) is 12.1 Å². The Morgan fingerprint density at radius 1 is 0.759 bits per heavy atom. The van der Waals surface area contributed by atoms with Crippen LogP contribution in [0.25, 0.3) is 0 Å². The van der Waals surface area contributed by atoms with E-state index in [4.69, 9.17) is 4.74 Å². The highest BCUT2D eigenvalue weighted by atomic mass is 16.5. The molecule has 0 bridgehead atoms. The van der Waals surface area contributed by atoms with Crippen molar-refractivity contribution in [3.05, 3.63) is 70.9 Å². The molecule has 0 amide bonds. The molecule has 1 rings (SSSR count). The van der Waals surface area contributed by atoms with E-state index in [-0.39, 0.29) is 0 Å². The lowest BCUT2D eigenvalue weighted by molar-refractivity contribution is 0.415. The molecular formula is C27H41NO. The summed E-state index contributed by atoms with van der Waals surface area (Å²) in [7, 11) is 1.75. The molecule has 0 saturated carbocycles. The van der Waals surface area contributed by atoms with Gasteiger partial charge in [-0.15, -0.1) is 0 Å². The van der Waals surface area contributed by atoms with Crippen LogP contribution in [0.3, 0.4) is 0 Å². The summed E-state index contributed by atoms with van der Waals surface area (Å²) in [6.45, 7) is 14.9. The number of methoxy groups -OCH3 is 1. The lowest BCUT2D eigenvalue weighted by Gasteiger charge is -2.24. The lowest BCUT2D eigenvalue weighted by Crippen LogP contribution is -2.24. The maximum Gasteiger partial charge on any atom is 0.142 e. The molecule has 160 valence electrons. The highest BCUT2D eigenvalue weighted by Gasteiger charge is 2.09. The van der Waals surface area contributed by atoms with E-state index in [1.54, 1.807) is 7.11 Å². The third-order valence-corrected chi connectivity index (χ3v) is 4.93. The van der Waals surface area contributed by atoms with Crippen molar-refractivity contribution in [1.29, 1.82) is 0 Å². The molecule has 0 N–H and O–H groups in total. The fourth-order valence-corrected chi connectivity index (χ4v) is 3.08. The van der Waals surface area contributed by atoms with Crippen molar-refractivity contribution in [2.24, 2.45) is 0 Å². The fourth-order valence-electron chi connectivity index (χ4n) is 3.08. The Hall–Kier alpha value is -2.22. The summed E-state index contributed by atoms with van der Waals surface area (Å²) in [5.41, 5.74) is 6.80. The molecule has 0 radical (unpaired) electrons. The first kappa shape index (κ1) is 24.8. The Bertz CT molecular complexity index is 689. The number of allylic oxidation sites excluding steroid dienone is 6. The minimum absolute atomic E-state index is 0.888. The van der Waals surface area contributed by atoms with Crippen molar-refractivity contribution in [1.82, 2.24) is 0 Å². The standard InChI is InChI=1S/C27H41NO/c1-22(2)12-10-14-24(5)18-20-28(26-16-8-9-17-27(26)29-7)21-19-25(6)15-11-13-23(3)4/h8-9,12-13,16-19H,10-11,14-15,20-21H2,1-7H3. The largest absolute Gasteiger partial charge is 0.495 e. The first-order chi connectivity index (χ1) is 13.8. The van der Waals surface area contributed by atoms with Crippen LogP contribution in [0.1, 0.15) is 67.2 Å². The number of benzene rings is 1. The van der Waals surface area contributed by atoms with Crippen LogP contribution in [-0.4, -0.2) is 20.2 Å². The summed E-state index contributed by atoms with van der Waals surface area (Å²) >= 11 is 0. The Morgan fingerprint density at radius 3 is 1.69 bits per heavy atom. The smallest absolute Gasteiger partial charge is 0.142 e. The van der Waals surface area contributed by atoms with Gasteiger partial charge in [-0.05, 0) is 79.4 Å². The number of hydrogen-bond donors (Lipinski definition) is 0. The average Bonchev–Trinajstić information content (AvgIpc) is 2.67. The van der Waals surface area contributed by atoms with Crippen LogP contribution in [-0.2, 0) is 0 Å². The third-order valence-electron chi connectivity index (χ3n) is 4.93. The monoisotopic (exact) mass is 395 g/mol. The van der Waals surface area contributed by atoms with Crippen LogP contribution < -0.4 is 9.64 Å². The molecule has 0 saturated heterocycles. The number of hydrogen-bond acceptors (Lipinski definition) is 2. The van der Waals surface area contributed by atoms with Gasteiger partial charge in [0.15, 0.2) is 0 Å². The maximum absolute atomic E-state index is 5.62. The summed E-state index contributed by atoms with van der Waals surface area (Å²) in [6, 6.07) is 8.31. The van der Waals surface area contributed by atoms with Crippen molar-refractivity contribution in [3.8, 4) is 5.75 Å². The van der Waals surface area contributed by atoms with Crippen molar-refractivity contribution in [3.63, 3.8) is 0 Å². The number of anilines is 1. The molecule has 0 aliphatic heterocycles. The van der Waals surface area contributed by atoms with Gasteiger partial charge in [-0.25, -0.2) is 0 Å². The predicted octanol–water partition coefficient (Wildman–Crippen LogP) is 7.89. The fraction of sp³-hybridized carbons (Fsp3) is 0.481. The van der Waals surface area contributed by atoms with Gasteiger partial charge in [0.25, 0.3) is 0 Å². The minimum Gasteiger partial charge on any atom is -0.495 e. The zero-order valence-corrected chi connectivity index (χ0v) is 19.7. The highest BCUT2D eigenvalue weighted by Crippen LogP contribution is 2.28. The third kappa shape index (κ3) is 10.8. The average molecular weight is 396 g/mol. The van der Waals surface area contributed by atoms with Crippen molar-refractivity contribution >= 4 is 5.69 Å². The van der Waals surface area contributed by atoms with E-state index in [0.717, 1.165) is 50.2 Å². The van der Waals surface area contributed by atoms with Gasteiger partial charge >= 0.3 is 0 Å². The van der Waals surface area contributed by atoms with Gasteiger partial charge < -0.3 is 9.64 Å². The number of nitrogens with zero attached hydrogens (tertiary/aromatic N) is 1. The van der Waals surface area contributed by atoms with Crippen LogP contribution in [0.2, 0.25) is 0 Å². The Balaban J connectivity index is 2.89. The second-order valence-electron chi connectivity index (χ2n) is 8.32. The quantitative estimate of drug-likeness (QED) is 0.334. The van der Waals surface area contributed by atoms with Gasteiger partial charge in [-0.2, -0.15) is 0 Å². The number of para-hydroxylation sites is 2. The van der Waals surface area contributed by atoms with Gasteiger partial charge in [-0.1, -0.05) is 58.7 Å². The molecule has 0 aromatic heterocycles. The number of rotatable bonds is 12. The second-order valence-corrected chi connectivity index (χ2v) is 8.32. The Morgan fingerprint density at radius 2 is 1.24 bits per heavy atom. The molecule has 2 heteroatoms. The summed E-state index contributed by atoms with van der Waals surface area (Å²) in [6.07, 6.45) is 13.8. The summed E-state index contributed by atoms with van der Waals surface area (Å²) < 4.78 is 5.62. The zero-order valence-electron chi connectivity index (χ0n) is 19.7. The summed E-state index contributed by atoms with van der Waals surface area (Å²) in [4.78, 5) is 2.40. The molecule has 0 heterocycles. The first-order valence-electron chi connectivity index (χ1n) is 10.8. The predicted molar refractivity (Wildman–Crippen MR) is 130 cm³/mol. The molecule has 1 aromatic rings. The van der Waals surface area contributed by atoms with E-state index in [0.29, 0.717) is 0 Å². The van der Waals surface area contributed by atoms with Crippen LogP contribution in [0.4, 0.5) is 5.69 Å². The van der Waals surface area contributed by atoms with E-state index in [9.17, 15) is 0 Å². The van der Waals surface area contributed by atoms with Gasteiger partial charge in [0.2, 0.25) is 0 Å². The van der Waals surface area contributed by atoms with E-state index in [2.05, 4.69) is 82.9 Å². The van der Waals surface area contributed by atoms with Gasteiger partial charge in [0, 0.05) is 13.1 Å². The Labute approximate surface area is 179 Å². The van der Waals surface area contributed by atoms with Gasteiger partial charge in [-0.3, -0.25) is 0 Å². The van der Waals surface area contributed by atoms with Crippen molar-refractivity contribution in [2.75, 3.05) is 25.1 Å². The second kappa shape index (κ2) is 13.9. The maximum atomic E-state index is 5.62. The van der Waals surface area contributed by atoms with Crippen LogP contribution in [0.5, 0.6) is 5.75 Å². The molecule has 0 unspecified atom stereocenters. The number of ether oxygens (including phenoxy) is 1. The molecule has 0 aliphatic rings. The SMILES string of the molecule is COc1ccccc1N(CC=C(C)CCC=C(C)C)CC=C(C)CCC=C(C)C. The van der Waals surface area contributed by atoms with Crippen molar-refractivity contribution in [2.45, 2.75) is 67.2 Å². The first-order valence-corrected chi connectivity index (χ1v) is 10.8. The van der Waals surface area contributed by atoms with Gasteiger partial charge in [0.05, 0.1) is 12.8 Å². The minimum atomic E-state index is 0.888. The molecule has 2 nitrogen and oxygen atoms in total. The van der Waals surface area contributed by atoms with Crippen molar-refractivity contribution < 1.29 is 4.74 Å². The van der Waals surface area contributed by atoms with E-state index < -0.39 is 0 Å². The Kier molecular flexibility index (Phi) is 11.9.